The molecule has 1 aliphatic carbocycles. The topological polar surface area (TPSA) is 66.5 Å². The Morgan fingerprint density at radius 2 is 1.67 bits per heavy atom. The molecule has 2 fully saturated rings. The zero-order chi connectivity index (χ0) is 24.0. The molecular formula is C28H34N2O3. The second-order valence-corrected chi connectivity index (χ2v) is 10.6. The highest BCUT2D eigenvalue weighted by Crippen LogP contribution is 2.60. The van der Waals surface area contributed by atoms with Gasteiger partial charge in [0.2, 0.25) is 17.7 Å². The number of fused-ring (bicyclic) bond motifs is 2. The van der Waals surface area contributed by atoms with Gasteiger partial charge in [-0.1, -0.05) is 77.1 Å². The number of piperidine rings is 1. The van der Waals surface area contributed by atoms with Gasteiger partial charge in [-0.2, -0.15) is 0 Å². The van der Waals surface area contributed by atoms with Crippen molar-refractivity contribution in [1.82, 2.24) is 4.90 Å². The van der Waals surface area contributed by atoms with E-state index in [4.69, 9.17) is 0 Å². The van der Waals surface area contributed by atoms with Crippen LogP contribution < -0.4 is 5.32 Å². The highest BCUT2D eigenvalue weighted by Gasteiger charge is 2.65. The van der Waals surface area contributed by atoms with Gasteiger partial charge >= 0.3 is 0 Å². The lowest BCUT2D eigenvalue weighted by Gasteiger charge is -2.49. The molecule has 174 valence electrons. The van der Waals surface area contributed by atoms with E-state index in [9.17, 15) is 14.4 Å². The van der Waals surface area contributed by atoms with E-state index in [2.05, 4.69) is 19.2 Å². The Balaban J connectivity index is 1.67. The van der Waals surface area contributed by atoms with Crippen LogP contribution in [0.5, 0.6) is 0 Å². The first-order valence-corrected chi connectivity index (χ1v) is 11.9. The number of hydrogen-bond donors (Lipinski definition) is 1. The van der Waals surface area contributed by atoms with Crippen molar-refractivity contribution in [1.29, 1.82) is 0 Å². The van der Waals surface area contributed by atoms with E-state index >= 15 is 0 Å². The van der Waals surface area contributed by atoms with Crippen LogP contribution in [-0.4, -0.2) is 28.7 Å². The molecule has 1 saturated heterocycles. The lowest BCUT2D eigenvalue weighted by molar-refractivity contribution is -0.172. The van der Waals surface area contributed by atoms with E-state index in [0.29, 0.717) is 24.4 Å². The Kier molecular flexibility index (Phi) is 5.94. The molecule has 2 aromatic rings. The average molecular weight is 447 g/mol. The van der Waals surface area contributed by atoms with Gasteiger partial charge in [0.15, 0.2) is 0 Å². The molecule has 2 aliphatic rings. The van der Waals surface area contributed by atoms with Gasteiger partial charge in [-0.15, -0.1) is 0 Å². The molecule has 2 bridgehead atoms. The third kappa shape index (κ3) is 3.88. The van der Waals surface area contributed by atoms with E-state index < -0.39 is 16.9 Å². The molecule has 3 atom stereocenters. The third-order valence-corrected chi connectivity index (χ3v) is 8.18. The normalized spacial score (nSPS) is 24.8. The summed E-state index contributed by atoms with van der Waals surface area (Å²) in [5.74, 6) is -0.635. The molecule has 1 heterocycles. The summed E-state index contributed by atoms with van der Waals surface area (Å²) in [5.41, 5.74) is 1.68. The predicted octanol–water partition coefficient (Wildman–Crippen LogP) is 5.17. The Labute approximate surface area is 196 Å². The van der Waals surface area contributed by atoms with Crippen molar-refractivity contribution in [2.75, 3.05) is 5.32 Å². The van der Waals surface area contributed by atoms with Crippen molar-refractivity contribution in [3.8, 4) is 0 Å². The summed E-state index contributed by atoms with van der Waals surface area (Å²) in [7, 11) is 0. The van der Waals surface area contributed by atoms with E-state index in [-0.39, 0.29) is 30.1 Å². The zero-order valence-corrected chi connectivity index (χ0v) is 20.2. The van der Waals surface area contributed by atoms with E-state index in [0.717, 1.165) is 5.56 Å². The SMILES string of the molecule is CC(C)c1ccc(NC(=O)C(Cc2ccccc2)N2C(=O)C3CCC(C)(C2=O)C3(C)C)cc1. The maximum absolute atomic E-state index is 13.8. The summed E-state index contributed by atoms with van der Waals surface area (Å²) < 4.78 is 0. The Hall–Kier alpha value is -2.95. The first-order chi connectivity index (χ1) is 15.6. The smallest absolute Gasteiger partial charge is 0.248 e. The highest BCUT2D eigenvalue weighted by molar-refractivity contribution is 6.09. The first-order valence-electron chi connectivity index (χ1n) is 11.9. The predicted molar refractivity (Wildman–Crippen MR) is 130 cm³/mol. The Morgan fingerprint density at radius 3 is 2.27 bits per heavy atom. The van der Waals surface area contributed by atoms with Gasteiger partial charge in [-0.05, 0) is 47.4 Å². The minimum absolute atomic E-state index is 0.216. The molecule has 0 aromatic heterocycles. The summed E-state index contributed by atoms with van der Waals surface area (Å²) in [5, 5.41) is 2.97. The van der Waals surface area contributed by atoms with Crippen molar-refractivity contribution in [3.63, 3.8) is 0 Å². The van der Waals surface area contributed by atoms with Gasteiger partial charge < -0.3 is 5.32 Å². The summed E-state index contributed by atoms with van der Waals surface area (Å²) >= 11 is 0. The van der Waals surface area contributed by atoms with Crippen molar-refractivity contribution in [2.45, 2.75) is 65.8 Å². The van der Waals surface area contributed by atoms with Crippen LogP contribution in [0.1, 0.15) is 64.5 Å². The molecule has 2 aromatic carbocycles. The number of nitrogens with zero attached hydrogens (tertiary/aromatic N) is 1. The molecule has 0 spiro atoms. The Morgan fingerprint density at radius 1 is 1.03 bits per heavy atom. The lowest BCUT2D eigenvalue weighted by atomic mass is 9.62. The molecular weight excluding hydrogens is 412 g/mol. The fourth-order valence-electron chi connectivity index (χ4n) is 5.46. The zero-order valence-electron chi connectivity index (χ0n) is 20.2. The largest absolute Gasteiger partial charge is 0.324 e. The molecule has 0 radical (unpaired) electrons. The number of likely N-dealkylation sites (tertiary alicyclic amines) is 1. The molecule has 1 aliphatic heterocycles. The van der Waals surface area contributed by atoms with Crippen LogP contribution in [0, 0.1) is 16.7 Å². The van der Waals surface area contributed by atoms with Crippen molar-refractivity contribution in [2.24, 2.45) is 16.7 Å². The lowest BCUT2D eigenvalue weighted by Crippen LogP contribution is -2.64. The number of carbonyl (C=O) groups excluding carboxylic acids is 3. The minimum Gasteiger partial charge on any atom is -0.324 e. The van der Waals surface area contributed by atoms with Gasteiger partial charge in [-0.3, -0.25) is 19.3 Å². The van der Waals surface area contributed by atoms with Gasteiger partial charge in [0.25, 0.3) is 0 Å². The summed E-state index contributed by atoms with van der Waals surface area (Å²) in [4.78, 5) is 42.2. The molecule has 33 heavy (non-hydrogen) atoms. The van der Waals surface area contributed by atoms with Crippen LogP contribution in [0.3, 0.4) is 0 Å². The van der Waals surface area contributed by atoms with E-state index in [1.165, 1.54) is 10.5 Å². The fourth-order valence-corrected chi connectivity index (χ4v) is 5.46. The number of nitrogens with one attached hydrogen (secondary N) is 1. The van der Waals surface area contributed by atoms with Crippen molar-refractivity contribution < 1.29 is 14.4 Å². The Bertz CT molecular complexity index is 1060. The van der Waals surface area contributed by atoms with E-state index in [1.807, 2.05) is 75.4 Å². The van der Waals surface area contributed by atoms with Gasteiger partial charge in [0.1, 0.15) is 6.04 Å². The quantitative estimate of drug-likeness (QED) is 0.623. The monoisotopic (exact) mass is 446 g/mol. The third-order valence-electron chi connectivity index (χ3n) is 8.18. The highest BCUT2D eigenvalue weighted by atomic mass is 16.2. The molecule has 3 unspecified atom stereocenters. The van der Waals surface area contributed by atoms with Crippen molar-refractivity contribution >= 4 is 23.4 Å². The van der Waals surface area contributed by atoms with Crippen LogP contribution in [-0.2, 0) is 20.8 Å². The van der Waals surface area contributed by atoms with Gasteiger partial charge in [-0.25, -0.2) is 0 Å². The summed E-state index contributed by atoms with van der Waals surface area (Å²) in [6.07, 6.45) is 1.64. The summed E-state index contributed by atoms with van der Waals surface area (Å²) in [6.45, 7) is 10.2. The van der Waals surface area contributed by atoms with Gasteiger partial charge in [0.05, 0.1) is 5.41 Å². The summed E-state index contributed by atoms with van der Waals surface area (Å²) in [6, 6.07) is 16.4. The van der Waals surface area contributed by atoms with Crippen LogP contribution in [0.25, 0.3) is 0 Å². The molecule has 1 saturated carbocycles. The van der Waals surface area contributed by atoms with E-state index in [1.54, 1.807) is 0 Å². The number of imide groups is 1. The number of benzene rings is 2. The van der Waals surface area contributed by atoms with Gasteiger partial charge in [0, 0.05) is 18.0 Å². The molecule has 4 rings (SSSR count). The molecule has 5 nitrogen and oxygen atoms in total. The second-order valence-electron chi connectivity index (χ2n) is 10.6. The maximum Gasteiger partial charge on any atom is 0.248 e. The average Bonchev–Trinajstić information content (AvgIpc) is 2.97. The number of rotatable bonds is 6. The number of hydrogen-bond acceptors (Lipinski definition) is 3. The number of carbonyl (C=O) groups is 3. The van der Waals surface area contributed by atoms with Crippen LogP contribution in [0.15, 0.2) is 54.6 Å². The second kappa shape index (κ2) is 8.44. The van der Waals surface area contributed by atoms with Crippen LogP contribution in [0.2, 0.25) is 0 Å². The first kappa shape index (κ1) is 23.2. The molecule has 5 heteroatoms. The molecule has 3 amide bonds. The fraction of sp³-hybridized carbons (Fsp3) is 0.464. The molecule has 1 N–H and O–H groups in total. The van der Waals surface area contributed by atoms with Crippen LogP contribution >= 0.6 is 0 Å². The van der Waals surface area contributed by atoms with Crippen LogP contribution in [0.4, 0.5) is 5.69 Å². The van der Waals surface area contributed by atoms with Crippen molar-refractivity contribution in [3.05, 3.63) is 65.7 Å². The number of amides is 3. The maximum atomic E-state index is 13.8. The number of anilines is 1. The minimum atomic E-state index is -0.895. The standard InChI is InChI=1S/C28H34N2O3/c1-18(2)20-11-13-21(14-12-20)29-24(31)23(17-19-9-7-6-8-10-19)30-25(32)22-15-16-28(5,26(30)33)27(22,3)4/h6-14,18,22-23H,15-17H2,1-5H3,(H,29,31).